The minimum absolute atomic E-state index is 0.0307. The normalized spacial score (nSPS) is 11.9. The number of nitrogens with one attached hydrogen (secondary N) is 1. The van der Waals surface area contributed by atoms with E-state index in [0.717, 1.165) is 4.90 Å². The minimum atomic E-state index is -0.716. The van der Waals surface area contributed by atoms with E-state index >= 15 is 0 Å². The molecule has 29 heavy (non-hydrogen) atoms. The summed E-state index contributed by atoms with van der Waals surface area (Å²) in [7, 11) is 0. The molecule has 0 aliphatic rings. The number of nitrogens with zero attached hydrogens (tertiary/aromatic N) is 1. The molecular formula is C22H26ClFN2O2S. The third kappa shape index (κ3) is 7.37. The molecule has 7 heteroatoms. The Labute approximate surface area is 180 Å². The van der Waals surface area contributed by atoms with Crippen molar-refractivity contribution in [2.75, 3.05) is 12.3 Å². The number of hydrogen-bond donors (Lipinski definition) is 1. The van der Waals surface area contributed by atoms with Crippen LogP contribution in [0.3, 0.4) is 0 Å². The van der Waals surface area contributed by atoms with E-state index in [1.54, 1.807) is 37.3 Å². The molecule has 1 atom stereocenters. The maximum Gasteiger partial charge on any atom is 0.242 e. The summed E-state index contributed by atoms with van der Waals surface area (Å²) < 4.78 is 14.2. The van der Waals surface area contributed by atoms with Crippen LogP contribution < -0.4 is 5.32 Å². The number of carbonyl (C=O) groups excluding carboxylic acids is 2. The van der Waals surface area contributed by atoms with E-state index in [-0.39, 0.29) is 24.1 Å². The van der Waals surface area contributed by atoms with Crippen LogP contribution in [0.1, 0.15) is 26.3 Å². The van der Waals surface area contributed by atoms with Gasteiger partial charge in [-0.1, -0.05) is 43.6 Å². The van der Waals surface area contributed by atoms with Crippen LogP contribution in [0.2, 0.25) is 5.02 Å². The fourth-order valence-corrected chi connectivity index (χ4v) is 3.51. The molecule has 2 aromatic rings. The Hall–Kier alpha value is -2.05. The van der Waals surface area contributed by atoms with Gasteiger partial charge in [-0.05, 0) is 43.2 Å². The Morgan fingerprint density at radius 1 is 1.10 bits per heavy atom. The second-order valence-electron chi connectivity index (χ2n) is 7.17. The summed E-state index contributed by atoms with van der Waals surface area (Å²) in [6.07, 6.45) is 0. The van der Waals surface area contributed by atoms with Gasteiger partial charge in [0.15, 0.2) is 0 Å². The highest BCUT2D eigenvalue weighted by Crippen LogP contribution is 2.22. The van der Waals surface area contributed by atoms with Crippen LogP contribution in [0.5, 0.6) is 0 Å². The van der Waals surface area contributed by atoms with E-state index in [4.69, 9.17) is 11.6 Å². The summed E-state index contributed by atoms with van der Waals surface area (Å²) in [5, 5.41) is 3.47. The number of amides is 2. The van der Waals surface area contributed by atoms with Crippen LogP contribution in [0.15, 0.2) is 53.4 Å². The third-order valence-corrected chi connectivity index (χ3v) is 5.58. The lowest BCUT2D eigenvalue weighted by molar-refractivity contribution is -0.138. The van der Waals surface area contributed by atoms with Crippen LogP contribution in [0.25, 0.3) is 0 Å². The van der Waals surface area contributed by atoms with Gasteiger partial charge in [-0.15, -0.1) is 11.8 Å². The number of thioether (sulfide) groups is 1. The first-order valence-corrected chi connectivity index (χ1v) is 10.8. The molecule has 0 saturated carbocycles. The highest BCUT2D eigenvalue weighted by atomic mass is 35.5. The van der Waals surface area contributed by atoms with Gasteiger partial charge in [0.1, 0.15) is 11.9 Å². The van der Waals surface area contributed by atoms with Crippen molar-refractivity contribution >= 4 is 35.2 Å². The highest BCUT2D eigenvalue weighted by molar-refractivity contribution is 8.00. The van der Waals surface area contributed by atoms with Gasteiger partial charge in [0.25, 0.3) is 0 Å². The van der Waals surface area contributed by atoms with Gasteiger partial charge >= 0.3 is 0 Å². The van der Waals surface area contributed by atoms with E-state index in [9.17, 15) is 14.0 Å². The summed E-state index contributed by atoms with van der Waals surface area (Å²) in [4.78, 5) is 27.8. The molecule has 156 valence electrons. The lowest BCUT2D eigenvalue weighted by atomic mass is 10.1. The molecule has 0 spiro atoms. The lowest BCUT2D eigenvalue weighted by Gasteiger charge is -2.29. The van der Waals surface area contributed by atoms with E-state index in [0.29, 0.717) is 23.0 Å². The lowest BCUT2D eigenvalue weighted by Crippen LogP contribution is -2.48. The van der Waals surface area contributed by atoms with Crippen LogP contribution in [0.4, 0.5) is 4.39 Å². The SMILES string of the molecule is CC(C)CNC(=O)[C@@H](C)N(Cc1ccccc1F)C(=O)CSc1ccc(Cl)cc1. The summed E-state index contributed by atoms with van der Waals surface area (Å²) in [6, 6.07) is 12.8. The van der Waals surface area contributed by atoms with Crippen LogP contribution in [-0.4, -0.2) is 35.1 Å². The van der Waals surface area contributed by atoms with Gasteiger partial charge in [0, 0.05) is 28.6 Å². The Balaban J connectivity index is 2.13. The third-order valence-electron chi connectivity index (χ3n) is 4.33. The van der Waals surface area contributed by atoms with Crippen molar-refractivity contribution in [3.63, 3.8) is 0 Å². The maximum atomic E-state index is 14.2. The van der Waals surface area contributed by atoms with Crippen molar-refractivity contribution < 1.29 is 14.0 Å². The van der Waals surface area contributed by atoms with E-state index in [1.165, 1.54) is 22.7 Å². The minimum Gasteiger partial charge on any atom is -0.354 e. The molecule has 4 nitrogen and oxygen atoms in total. The Kier molecular flexibility index (Phi) is 8.99. The van der Waals surface area contributed by atoms with Crippen molar-refractivity contribution in [2.24, 2.45) is 5.92 Å². The van der Waals surface area contributed by atoms with E-state index in [2.05, 4.69) is 5.32 Å². The summed E-state index contributed by atoms with van der Waals surface area (Å²) >= 11 is 7.25. The molecule has 2 aromatic carbocycles. The molecule has 0 bridgehead atoms. The molecule has 0 unspecified atom stereocenters. The highest BCUT2D eigenvalue weighted by Gasteiger charge is 2.26. The van der Waals surface area contributed by atoms with Crippen molar-refractivity contribution in [3.8, 4) is 0 Å². The smallest absolute Gasteiger partial charge is 0.242 e. The molecule has 2 amide bonds. The first-order chi connectivity index (χ1) is 13.8. The predicted octanol–water partition coefficient (Wildman–Crippen LogP) is 4.76. The first kappa shape index (κ1) is 23.2. The number of carbonyl (C=O) groups is 2. The van der Waals surface area contributed by atoms with Crippen LogP contribution >= 0.6 is 23.4 Å². The quantitative estimate of drug-likeness (QED) is 0.576. The number of hydrogen-bond acceptors (Lipinski definition) is 3. The zero-order chi connectivity index (χ0) is 21.4. The number of halogens is 2. The zero-order valence-corrected chi connectivity index (χ0v) is 18.4. The topological polar surface area (TPSA) is 49.4 Å². The average molecular weight is 437 g/mol. The molecule has 0 radical (unpaired) electrons. The molecule has 1 N–H and O–H groups in total. The van der Waals surface area contributed by atoms with E-state index < -0.39 is 11.9 Å². The van der Waals surface area contributed by atoms with Gasteiger partial charge in [-0.3, -0.25) is 9.59 Å². The monoisotopic (exact) mass is 436 g/mol. The van der Waals surface area contributed by atoms with Gasteiger partial charge < -0.3 is 10.2 Å². The van der Waals surface area contributed by atoms with Crippen LogP contribution in [0, 0.1) is 11.7 Å². The summed E-state index contributed by atoms with van der Waals surface area (Å²) in [6.45, 7) is 6.21. The first-order valence-electron chi connectivity index (χ1n) is 9.47. The second kappa shape index (κ2) is 11.2. The maximum absolute atomic E-state index is 14.2. The van der Waals surface area contributed by atoms with Crippen molar-refractivity contribution in [3.05, 3.63) is 64.9 Å². The molecule has 0 fully saturated rings. The molecular weight excluding hydrogens is 411 g/mol. The van der Waals surface area contributed by atoms with Gasteiger partial charge in [0.2, 0.25) is 11.8 Å². The van der Waals surface area contributed by atoms with Crippen LogP contribution in [-0.2, 0) is 16.1 Å². The van der Waals surface area contributed by atoms with Gasteiger partial charge in [-0.2, -0.15) is 0 Å². The van der Waals surface area contributed by atoms with Gasteiger partial charge in [0.05, 0.1) is 5.75 Å². The zero-order valence-electron chi connectivity index (χ0n) is 16.8. The molecule has 0 heterocycles. The molecule has 0 aliphatic heterocycles. The van der Waals surface area contributed by atoms with Crippen molar-refractivity contribution in [2.45, 2.75) is 38.3 Å². The summed E-state index contributed by atoms with van der Waals surface area (Å²) in [5.41, 5.74) is 0.376. The molecule has 0 aliphatic carbocycles. The number of rotatable bonds is 9. The Morgan fingerprint density at radius 3 is 2.38 bits per heavy atom. The van der Waals surface area contributed by atoms with Crippen molar-refractivity contribution in [1.29, 1.82) is 0 Å². The fraction of sp³-hybridized carbons (Fsp3) is 0.364. The molecule has 0 aromatic heterocycles. The number of benzene rings is 2. The summed E-state index contributed by atoms with van der Waals surface area (Å²) in [5.74, 6) is -0.453. The standard InChI is InChI=1S/C22H26ClFN2O2S/c1-15(2)12-25-22(28)16(3)26(13-17-6-4-5-7-20(17)24)21(27)14-29-19-10-8-18(23)9-11-19/h4-11,15-16H,12-14H2,1-3H3,(H,25,28)/t16-/m1/s1. The van der Waals surface area contributed by atoms with E-state index in [1.807, 2.05) is 26.0 Å². The average Bonchev–Trinajstić information content (AvgIpc) is 2.70. The Morgan fingerprint density at radius 2 is 1.76 bits per heavy atom. The van der Waals surface area contributed by atoms with Gasteiger partial charge in [-0.25, -0.2) is 4.39 Å². The largest absolute Gasteiger partial charge is 0.354 e. The second-order valence-corrected chi connectivity index (χ2v) is 8.66. The molecule has 0 saturated heterocycles. The fourth-order valence-electron chi connectivity index (χ4n) is 2.60. The molecule has 2 rings (SSSR count). The Bertz CT molecular complexity index is 830. The predicted molar refractivity (Wildman–Crippen MR) is 116 cm³/mol. The van der Waals surface area contributed by atoms with Crippen molar-refractivity contribution in [1.82, 2.24) is 10.2 Å².